The average molecular weight is 596 g/mol. The zero-order valence-corrected chi connectivity index (χ0v) is 27.1. The maximum atomic E-state index is 6.55. The first-order chi connectivity index (χ1) is 20.7. The van der Waals surface area contributed by atoms with Crippen LogP contribution in [0.25, 0.3) is 32.4 Å². The highest BCUT2D eigenvalue weighted by Crippen LogP contribution is 2.44. The zero-order valence-electron chi connectivity index (χ0n) is 26.1. The van der Waals surface area contributed by atoms with Gasteiger partial charge >= 0.3 is 0 Å². The van der Waals surface area contributed by atoms with E-state index in [4.69, 9.17) is 28.4 Å². The zero-order chi connectivity index (χ0) is 30.2. The topological polar surface area (TPSA) is 59.0 Å². The molecule has 0 N–H and O–H groups in total. The van der Waals surface area contributed by atoms with E-state index in [0.29, 0.717) is 12.4 Å². The molecular formula is C36H41NO5Si. The number of nitrogens with zero attached hydrogens (tertiary/aromatic N) is 1. The van der Waals surface area contributed by atoms with Gasteiger partial charge in [-0.2, -0.15) is 0 Å². The van der Waals surface area contributed by atoms with Crippen molar-refractivity contribution in [2.24, 2.45) is 0 Å². The molecular weight excluding hydrogens is 554 g/mol. The molecule has 4 aromatic carbocycles. The molecule has 5 aromatic rings. The second kappa shape index (κ2) is 11.7. The number of benzene rings is 4. The number of aryl methyl sites for hydroxylation is 1. The van der Waals surface area contributed by atoms with E-state index >= 15 is 0 Å². The maximum Gasteiger partial charge on any atom is 0.231 e. The summed E-state index contributed by atoms with van der Waals surface area (Å²) in [6.07, 6.45) is 2.71. The third kappa shape index (κ3) is 5.76. The van der Waals surface area contributed by atoms with Gasteiger partial charge in [0.1, 0.15) is 6.61 Å². The van der Waals surface area contributed by atoms with Gasteiger partial charge in [-0.15, -0.1) is 0 Å². The molecule has 43 heavy (non-hydrogen) atoms. The molecule has 0 radical (unpaired) electrons. The Morgan fingerprint density at radius 2 is 1.60 bits per heavy atom. The minimum atomic E-state index is -1.79. The lowest BCUT2D eigenvalue weighted by Crippen LogP contribution is -2.40. The van der Waals surface area contributed by atoms with Crippen LogP contribution in [0.2, 0.25) is 18.1 Å². The molecule has 0 bridgehead atoms. The summed E-state index contributed by atoms with van der Waals surface area (Å²) in [6.45, 7) is 12.9. The van der Waals surface area contributed by atoms with E-state index in [9.17, 15) is 0 Å². The number of rotatable bonds is 10. The fraction of sp³-hybridized carbons (Fsp3) is 0.361. The van der Waals surface area contributed by atoms with E-state index in [2.05, 4.69) is 70.3 Å². The molecule has 6 rings (SSSR count). The summed E-state index contributed by atoms with van der Waals surface area (Å²) < 4.78 is 30.3. The van der Waals surface area contributed by atoms with Crippen molar-refractivity contribution >= 4 is 40.8 Å². The first kappa shape index (κ1) is 29.3. The Morgan fingerprint density at radius 1 is 0.860 bits per heavy atom. The molecule has 1 aliphatic heterocycles. The molecule has 0 aliphatic carbocycles. The number of methoxy groups -OCH3 is 1. The number of aromatic nitrogens is 1. The Labute approximate surface area is 255 Å². The third-order valence-corrected chi connectivity index (χ3v) is 13.5. The maximum absolute atomic E-state index is 6.55. The Morgan fingerprint density at radius 3 is 2.35 bits per heavy atom. The number of hydrogen-bond donors (Lipinski definition) is 0. The Kier molecular flexibility index (Phi) is 7.96. The monoisotopic (exact) mass is 595 g/mol. The second-order valence-electron chi connectivity index (χ2n) is 12.8. The van der Waals surface area contributed by atoms with Gasteiger partial charge in [0.05, 0.1) is 18.3 Å². The molecule has 6 nitrogen and oxygen atoms in total. The lowest BCUT2D eigenvalue weighted by atomic mass is 9.97. The number of fused-ring (bicyclic) bond motifs is 6. The largest absolute Gasteiger partial charge is 0.493 e. The van der Waals surface area contributed by atoms with E-state index in [1.165, 1.54) is 0 Å². The van der Waals surface area contributed by atoms with Crippen LogP contribution in [0.1, 0.15) is 44.9 Å². The molecule has 0 saturated heterocycles. The summed E-state index contributed by atoms with van der Waals surface area (Å²) >= 11 is 0. The van der Waals surface area contributed by atoms with Gasteiger partial charge in [0.15, 0.2) is 31.3 Å². The van der Waals surface area contributed by atoms with Crippen molar-refractivity contribution < 1.29 is 23.4 Å². The Hall–Kier alpha value is -3.81. The SMILES string of the molecule is COc1ccc2c(c(CCCCO[Si](C)(C)C(C)(C)C)nc3c4cc5c(cc4ccc23)OCO5)c1OCc1ccccc1. The van der Waals surface area contributed by atoms with E-state index in [0.717, 1.165) is 86.8 Å². The fourth-order valence-corrected chi connectivity index (χ4v) is 6.54. The average Bonchev–Trinajstić information content (AvgIpc) is 3.45. The van der Waals surface area contributed by atoms with Crippen molar-refractivity contribution in [3.8, 4) is 23.0 Å². The number of unbranched alkanes of at least 4 members (excludes halogenated alkanes) is 1. The van der Waals surface area contributed by atoms with Crippen molar-refractivity contribution in [3.05, 3.63) is 78.0 Å². The molecule has 224 valence electrons. The van der Waals surface area contributed by atoms with Crippen LogP contribution in [0.15, 0.2) is 66.7 Å². The van der Waals surface area contributed by atoms with Crippen molar-refractivity contribution in [1.29, 1.82) is 0 Å². The highest BCUT2D eigenvalue weighted by atomic mass is 28.4. The molecule has 1 aromatic heterocycles. The molecule has 2 heterocycles. The molecule has 7 heteroatoms. The van der Waals surface area contributed by atoms with Gasteiger partial charge in [0.2, 0.25) is 6.79 Å². The van der Waals surface area contributed by atoms with Gasteiger partial charge in [0, 0.05) is 22.8 Å². The van der Waals surface area contributed by atoms with Crippen LogP contribution in [-0.2, 0) is 17.5 Å². The van der Waals surface area contributed by atoms with Crippen LogP contribution in [-0.4, -0.2) is 33.8 Å². The third-order valence-electron chi connectivity index (χ3n) is 8.95. The summed E-state index contributed by atoms with van der Waals surface area (Å²) in [6, 6.07) is 22.8. The van der Waals surface area contributed by atoms with Gasteiger partial charge in [-0.05, 0) is 78.0 Å². The second-order valence-corrected chi connectivity index (χ2v) is 17.6. The minimum Gasteiger partial charge on any atom is -0.493 e. The van der Waals surface area contributed by atoms with Crippen molar-refractivity contribution in [2.45, 2.75) is 64.8 Å². The smallest absolute Gasteiger partial charge is 0.231 e. The number of ether oxygens (including phenoxy) is 4. The van der Waals surface area contributed by atoms with E-state index in [1.807, 2.05) is 30.3 Å². The van der Waals surface area contributed by atoms with Crippen LogP contribution in [0.4, 0.5) is 0 Å². The lowest BCUT2D eigenvalue weighted by Gasteiger charge is -2.36. The van der Waals surface area contributed by atoms with Crippen LogP contribution in [0, 0.1) is 0 Å². The normalized spacial score (nSPS) is 13.3. The first-order valence-corrected chi connectivity index (χ1v) is 18.0. The summed E-state index contributed by atoms with van der Waals surface area (Å²) in [5.41, 5.74) is 3.05. The number of hydrogen-bond acceptors (Lipinski definition) is 6. The molecule has 1 aliphatic rings. The van der Waals surface area contributed by atoms with Crippen LogP contribution >= 0.6 is 0 Å². The van der Waals surface area contributed by atoms with Gasteiger partial charge in [-0.3, -0.25) is 4.98 Å². The highest BCUT2D eigenvalue weighted by Gasteiger charge is 2.36. The van der Waals surface area contributed by atoms with E-state index in [-0.39, 0.29) is 11.8 Å². The summed E-state index contributed by atoms with van der Waals surface area (Å²) in [5, 5.41) is 5.49. The van der Waals surface area contributed by atoms with Crippen molar-refractivity contribution in [1.82, 2.24) is 4.98 Å². The summed E-state index contributed by atoms with van der Waals surface area (Å²) in [4.78, 5) is 5.37. The molecule has 0 saturated carbocycles. The standard InChI is InChI=1S/C36H41NO5Si/c1-36(2,3)43(5,6)42-19-11-10-14-29-33-26(17-18-30(38-4)35(33)39-22-24-12-8-7-9-13-24)27-16-15-25-20-31-32(41-23-40-31)21-28(25)34(27)37-29/h7-9,12-13,15-18,20-21H,10-11,14,19,22-23H2,1-6H3. The molecule has 0 amide bonds. The fourth-order valence-electron chi connectivity index (χ4n) is 5.45. The Bertz CT molecular complexity index is 1780. The van der Waals surface area contributed by atoms with E-state index in [1.54, 1.807) is 7.11 Å². The quantitative estimate of drug-likeness (QED) is 0.0911. The highest BCUT2D eigenvalue weighted by molar-refractivity contribution is 6.74. The van der Waals surface area contributed by atoms with Gasteiger partial charge in [-0.25, -0.2) is 0 Å². The van der Waals surface area contributed by atoms with Crippen molar-refractivity contribution in [3.63, 3.8) is 0 Å². The lowest BCUT2D eigenvalue weighted by molar-refractivity contribution is 0.174. The first-order valence-electron chi connectivity index (χ1n) is 15.1. The molecule has 0 spiro atoms. The number of pyridine rings is 1. The Balaban J connectivity index is 1.43. The van der Waals surface area contributed by atoms with Crippen molar-refractivity contribution in [2.75, 3.05) is 20.5 Å². The van der Waals surface area contributed by atoms with Crippen LogP contribution < -0.4 is 18.9 Å². The molecule has 0 unspecified atom stereocenters. The summed E-state index contributed by atoms with van der Waals surface area (Å²) in [5.74, 6) is 2.97. The van der Waals surface area contributed by atoms with Crippen LogP contribution in [0.5, 0.6) is 23.0 Å². The van der Waals surface area contributed by atoms with E-state index < -0.39 is 8.32 Å². The van der Waals surface area contributed by atoms with Gasteiger partial charge in [0.25, 0.3) is 0 Å². The minimum absolute atomic E-state index is 0.195. The summed E-state index contributed by atoms with van der Waals surface area (Å²) in [7, 11) is -0.0984. The molecule has 0 atom stereocenters. The van der Waals surface area contributed by atoms with Gasteiger partial charge < -0.3 is 23.4 Å². The predicted molar refractivity (Wildman–Crippen MR) is 176 cm³/mol. The molecule has 0 fully saturated rings. The van der Waals surface area contributed by atoms with Gasteiger partial charge in [-0.1, -0.05) is 63.2 Å². The van der Waals surface area contributed by atoms with Crippen LogP contribution in [0.3, 0.4) is 0 Å². The predicted octanol–water partition coefficient (Wildman–Crippen LogP) is 9.20.